The number of rotatable bonds is 3. The van der Waals surface area contributed by atoms with E-state index in [2.05, 4.69) is 9.97 Å². The summed E-state index contributed by atoms with van der Waals surface area (Å²) < 4.78 is 0. The van der Waals surface area contributed by atoms with Gasteiger partial charge in [-0.2, -0.15) is 0 Å². The smallest absolute Gasteiger partial charge is 0.215 e. The molecule has 0 aromatic carbocycles. The fraction of sp³-hybridized carbons (Fsp3) is 0.312. The average molecular weight is 283 g/mol. The van der Waals surface area contributed by atoms with Crippen LogP contribution in [-0.4, -0.2) is 28.0 Å². The first-order valence-electron chi connectivity index (χ1n) is 7.04. The summed E-state index contributed by atoms with van der Waals surface area (Å²) in [5.74, 6) is 0.738. The number of hydrogen-bond acceptors (Lipinski definition) is 4. The molecule has 0 saturated heterocycles. The molecule has 2 aromatic heterocycles. The molecule has 1 N–H and O–H groups in total. The number of fused-ring (bicyclic) bond motifs is 1. The van der Waals surface area contributed by atoms with E-state index >= 15 is 0 Å². The Morgan fingerprint density at radius 1 is 1.43 bits per heavy atom. The number of nitrogens with zero attached hydrogens (tertiary/aromatic N) is 3. The molecular weight excluding hydrogens is 266 g/mol. The van der Waals surface area contributed by atoms with Crippen molar-refractivity contribution in [2.75, 3.05) is 11.4 Å². The van der Waals surface area contributed by atoms with Gasteiger partial charge in [0, 0.05) is 36.3 Å². The lowest BCUT2D eigenvalue weighted by molar-refractivity contribution is -0.107. The zero-order valence-corrected chi connectivity index (χ0v) is 11.9. The van der Waals surface area contributed by atoms with E-state index in [9.17, 15) is 9.90 Å². The maximum atomic E-state index is 11.1. The third kappa shape index (κ3) is 2.52. The molecular formula is C16H17N3O2. The minimum absolute atomic E-state index is 0.564. The van der Waals surface area contributed by atoms with Crippen molar-refractivity contribution in [3.8, 4) is 11.1 Å². The van der Waals surface area contributed by atoms with Gasteiger partial charge in [-0.05, 0) is 43.0 Å². The van der Waals surface area contributed by atoms with Gasteiger partial charge in [0.25, 0.3) is 0 Å². The van der Waals surface area contributed by atoms with E-state index in [-0.39, 0.29) is 0 Å². The second-order valence-corrected chi connectivity index (χ2v) is 5.25. The Bertz CT molecular complexity index is 670. The Morgan fingerprint density at radius 2 is 2.29 bits per heavy atom. The molecule has 1 amide bonds. The molecule has 2 aromatic rings. The summed E-state index contributed by atoms with van der Waals surface area (Å²) in [4.78, 5) is 21.3. The lowest BCUT2D eigenvalue weighted by Gasteiger charge is -2.25. The van der Waals surface area contributed by atoms with Crippen LogP contribution in [0.25, 0.3) is 11.1 Å². The van der Waals surface area contributed by atoms with Gasteiger partial charge in [0.05, 0.1) is 6.10 Å². The van der Waals surface area contributed by atoms with E-state index in [1.807, 2.05) is 12.1 Å². The summed E-state index contributed by atoms with van der Waals surface area (Å²) >= 11 is 0. The molecule has 0 aliphatic carbocycles. The van der Waals surface area contributed by atoms with Crippen LogP contribution in [0, 0.1) is 0 Å². The van der Waals surface area contributed by atoms with Crippen LogP contribution in [0.3, 0.4) is 0 Å². The molecule has 1 atom stereocenters. The molecule has 5 heteroatoms. The maximum Gasteiger partial charge on any atom is 0.215 e. The van der Waals surface area contributed by atoms with E-state index in [0.717, 1.165) is 47.3 Å². The first-order chi connectivity index (χ1) is 10.2. The SMILES string of the molecule is CC(O)c1ccncc1-c1cnc2c(c1)CCCN2C=O. The van der Waals surface area contributed by atoms with Crippen molar-refractivity contribution in [1.29, 1.82) is 0 Å². The molecule has 108 valence electrons. The summed E-state index contributed by atoms with van der Waals surface area (Å²) in [5.41, 5.74) is 3.69. The lowest BCUT2D eigenvalue weighted by atomic mass is 9.97. The Labute approximate surface area is 123 Å². The largest absolute Gasteiger partial charge is 0.389 e. The topological polar surface area (TPSA) is 66.3 Å². The average Bonchev–Trinajstić information content (AvgIpc) is 2.53. The van der Waals surface area contributed by atoms with Gasteiger partial charge in [0.1, 0.15) is 5.82 Å². The van der Waals surface area contributed by atoms with Gasteiger partial charge < -0.3 is 5.11 Å². The minimum Gasteiger partial charge on any atom is -0.389 e. The van der Waals surface area contributed by atoms with Gasteiger partial charge in [0.15, 0.2) is 0 Å². The Balaban J connectivity index is 2.07. The summed E-state index contributed by atoms with van der Waals surface area (Å²) in [5, 5.41) is 9.88. The quantitative estimate of drug-likeness (QED) is 0.876. The molecule has 0 radical (unpaired) electrons. The minimum atomic E-state index is -0.564. The molecule has 3 rings (SSSR count). The van der Waals surface area contributed by atoms with Crippen molar-refractivity contribution in [3.05, 3.63) is 41.9 Å². The molecule has 5 nitrogen and oxygen atoms in total. The van der Waals surface area contributed by atoms with Gasteiger partial charge in [-0.15, -0.1) is 0 Å². The van der Waals surface area contributed by atoms with E-state index in [1.54, 1.807) is 30.4 Å². The van der Waals surface area contributed by atoms with Gasteiger partial charge in [-0.3, -0.25) is 14.7 Å². The number of carbonyl (C=O) groups is 1. The predicted octanol–water partition coefficient (Wildman–Crippen LogP) is 2.11. The highest BCUT2D eigenvalue weighted by Gasteiger charge is 2.19. The Hall–Kier alpha value is -2.27. The lowest BCUT2D eigenvalue weighted by Crippen LogP contribution is -2.28. The van der Waals surface area contributed by atoms with Crippen LogP contribution in [-0.2, 0) is 11.2 Å². The molecule has 0 fully saturated rings. The second-order valence-electron chi connectivity index (χ2n) is 5.25. The van der Waals surface area contributed by atoms with Crippen LogP contribution in [0.5, 0.6) is 0 Å². The normalized spacial score (nSPS) is 15.4. The third-order valence-corrected chi connectivity index (χ3v) is 3.80. The monoisotopic (exact) mass is 283 g/mol. The van der Waals surface area contributed by atoms with E-state index < -0.39 is 6.10 Å². The second kappa shape index (κ2) is 5.61. The van der Waals surface area contributed by atoms with Crippen molar-refractivity contribution < 1.29 is 9.90 Å². The molecule has 0 spiro atoms. The van der Waals surface area contributed by atoms with Gasteiger partial charge >= 0.3 is 0 Å². The highest BCUT2D eigenvalue weighted by Crippen LogP contribution is 2.31. The van der Waals surface area contributed by atoms with Crippen LogP contribution in [0.2, 0.25) is 0 Å². The van der Waals surface area contributed by atoms with Gasteiger partial charge in [-0.25, -0.2) is 4.98 Å². The highest BCUT2D eigenvalue weighted by atomic mass is 16.3. The fourth-order valence-corrected chi connectivity index (χ4v) is 2.75. The van der Waals surface area contributed by atoms with Crippen molar-refractivity contribution in [1.82, 2.24) is 9.97 Å². The number of aliphatic hydroxyl groups is 1. The summed E-state index contributed by atoms with van der Waals surface area (Å²) in [6.45, 7) is 2.45. The molecule has 21 heavy (non-hydrogen) atoms. The number of pyridine rings is 2. The third-order valence-electron chi connectivity index (χ3n) is 3.80. The molecule has 3 heterocycles. The van der Waals surface area contributed by atoms with Gasteiger partial charge in [-0.1, -0.05) is 0 Å². The van der Waals surface area contributed by atoms with E-state index in [0.29, 0.717) is 6.54 Å². The zero-order valence-electron chi connectivity index (χ0n) is 11.9. The van der Waals surface area contributed by atoms with Crippen molar-refractivity contribution in [3.63, 3.8) is 0 Å². The molecule has 1 aliphatic rings. The molecule has 1 aliphatic heterocycles. The first-order valence-corrected chi connectivity index (χ1v) is 7.04. The Morgan fingerprint density at radius 3 is 3.05 bits per heavy atom. The standard InChI is InChI=1S/C16H17N3O2/c1-11(21)14-4-5-17-9-15(14)13-7-12-3-2-6-19(10-20)16(12)18-8-13/h4-5,7-11,21H,2-3,6H2,1H3. The maximum absolute atomic E-state index is 11.1. The number of carbonyl (C=O) groups excluding carboxylic acids is 1. The molecule has 0 saturated carbocycles. The van der Waals surface area contributed by atoms with Crippen molar-refractivity contribution in [2.45, 2.75) is 25.9 Å². The van der Waals surface area contributed by atoms with E-state index in [4.69, 9.17) is 0 Å². The van der Waals surface area contributed by atoms with Crippen LogP contribution < -0.4 is 4.90 Å². The number of aromatic nitrogens is 2. The summed E-state index contributed by atoms with van der Waals surface area (Å²) in [7, 11) is 0. The van der Waals surface area contributed by atoms with Crippen LogP contribution in [0.15, 0.2) is 30.7 Å². The fourth-order valence-electron chi connectivity index (χ4n) is 2.75. The number of anilines is 1. The zero-order chi connectivity index (χ0) is 14.8. The van der Waals surface area contributed by atoms with Crippen LogP contribution in [0.4, 0.5) is 5.82 Å². The number of aliphatic hydroxyl groups excluding tert-OH is 1. The van der Waals surface area contributed by atoms with Crippen molar-refractivity contribution in [2.24, 2.45) is 0 Å². The van der Waals surface area contributed by atoms with E-state index in [1.165, 1.54) is 0 Å². The Kier molecular flexibility index (Phi) is 3.66. The number of aryl methyl sites for hydroxylation is 1. The predicted molar refractivity (Wildman–Crippen MR) is 79.8 cm³/mol. The number of hydrogen-bond donors (Lipinski definition) is 1. The summed E-state index contributed by atoms with van der Waals surface area (Å²) in [6.07, 6.45) is 7.26. The van der Waals surface area contributed by atoms with Crippen molar-refractivity contribution >= 4 is 12.2 Å². The van der Waals surface area contributed by atoms with Gasteiger partial charge in [0.2, 0.25) is 6.41 Å². The number of amides is 1. The van der Waals surface area contributed by atoms with Crippen LogP contribution in [0.1, 0.15) is 30.6 Å². The summed E-state index contributed by atoms with van der Waals surface area (Å²) in [6, 6.07) is 3.86. The highest BCUT2D eigenvalue weighted by molar-refractivity contribution is 5.77. The molecule has 0 bridgehead atoms. The molecule has 1 unspecified atom stereocenters. The van der Waals surface area contributed by atoms with Crippen LogP contribution >= 0.6 is 0 Å². The first kappa shape index (κ1) is 13.7.